The minimum Gasteiger partial charge on any atom is -0.0654 e. The molecule has 0 N–H and O–H groups in total. The lowest BCUT2D eigenvalue weighted by atomic mass is 10.1. The van der Waals surface area contributed by atoms with Gasteiger partial charge in [0.1, 0.15) is 0 Å². The highest BCUT2D eigenvalue weighted by Crippen LogP contribution is 2.09. The predicted molar refractivity (Wildman–Crippen MR) is 57.5 cm³/mol. The number of rotatable bonds is 9. The van der Waals surface area contributed by atoms with Crippen LogP contribution in [0, 0.1) is 0 Å². The summed E-state index contributed by atoms with van der Waals surface area (Å²) in [6.45, 7) is 0.129. The van der Waals surface area contributed by atoms with Crippen molar-refractivity contribution in [2.24, 2.45) is 0 Å². The van der Waals surface area contributed by atoms with Gasteiger partial charge in [-0.25, -0.2) is 0 Å². The van der Waals surface area contributed by atoms with Gasteiger partial charge in [0.15, 0.2) is 0 Å². The lowest BCUT2D eigenvalue weighted by Crippen LogP contribution is -1.80. The van der Waals surface area contributed by atoms with Gasteiger partial charge in [-0.15, -0.1) is 0 Å². The Morgan fingerprint density at radius 1 is 0.833 bits per heavy atom. The molecule has 0 saturated heterocycles. The summed E-state index contributed by atoms with van der Waals surface area (Å²) >= 11 is 0. The van der Waals surface area contributed by atoms with Gasteiger partial charge in [-0.05, 0) is 0 Å². The van der Waals surface area contributed by atoms with E-state index in [9.17, 15) is 0 Å². The Kier molecular flexibility index (Phi) is 5.92. The molecule has 0 fully saturated rings. The molecular weight excluding hydrogens is 144 g/mol. The van der Waals surface area contributed by atoms with Crippen LogP contribution in [0.1, 0.15) is 83.4 Å². The van der Waals surface area contributed by atoms with Crippen molar-refractivity contribution in [2.45, 2.75) is 78.0 Å². The van der Waals surface area contributed by atoms with Crippen molar-refractivity contribution < 1.29 is 5.48 Å². The Hall–Kier alpha value is 0. The average Bonchev–Trinajstić information content (AvgIpc) is 2.20. The minimum absolute atomic E-state index is 0.519. The average molecular weight is 174 g/mol. The van der Waals surface area contributed by atoms with Gasteiger partial charge in [0.2, 0.25) is 0 Å². The first kappa shape index (κ1) is 6.45. The largest absolute Gasteiger partial charge is 0.0654 e. The molecule has 0 spiro atoms. The van der Waals surface area contributed by atoms with Crippen LogP contribution in [0.4, 0.5) is 0 Å². The van der Waals surface area contributed by atoms with Crippen LogP contribution in [-0.2, 0) is 0 Å². The third-order valence-corrected chi connectivity index (χ3v) is 2.20. The minimum atomic E-state index is -2.08. The first-order valence-corrected chi connectivity index (χ1v) is 5.40. The van der Waals surface area contributed by atoms with E-state index in [1.807, 2.05) is 0 Å². The maximum atomic E-state index is 7.43. The van der Waals surface area contributed by atoms with Crippen molar-refractivity contribution >= 4 is 0 Å². The highest BCUT2D eigenvalue weighted by Gasteiger charge is 1.90. The van der Waals surface area contributed by atoms with Crippen molar-refractivity contribution in [3.8, 4) is 0 Å². The molecule has 0 rings (SSSR count). The molecule has 0 nitrogen and oxygen atoms in total. The van der Waals surface area contributed by atoms with Crippen LogP contribution in [-0.4, -0.2) is 0 Å². The van der Waals surface area contributed by atoms with Crippen LogP contribution in [0.3, 0.4) is 0 Å². The molecule has 0 saturated carbocycles. The molecule has 0 aliphatic rings. The fourth-order valence-electron chi connectivity index (χ4n) is 1.38. The van der Waals surface area contributed by atoms with E-state index in [1.165, 1.54) is 38.5 Å². The zero-order valence-corrected chi connectivity index (χ0v) is 8.44. The van der Waals surface area contributed by atoms with E-state index in [1.54, 1.807) is 0 Å². The normalized spacial score (nSPS) is 19.1. The standard InChI is InChI=1S/C12H26/c1-3-5-7-9-11-12-10-8-6-4-2/h3-12H2,1-2H3/i1D3,3D. The second-order valence-corrected chi connectivity index (χ2v) is 3.47. The Bertz CT molecular complexity index is 154. The fourth-order valence-corrected chi connectivity index (χ4v) is 1.38. The van der Waals surface area contributed by atoms with Gasteiger partial charge in [0, 0.05) is 5.48 Å². The highest BCUT2D eigenvalue weighted by atomic mass is 14.0. The van der Waals surface area contributed by atoms with E-state index in [-0.39, 0.29) is 0 Å². The second kappa shape index (κ2) is 11.0. The Balaban J connectivity index is 3.21. The van der Waals surface area contributed by atoms with Crippen LogP contribution in [0.5, 0.6) is 0 Å². The molecule has 12 heavy (non-hydrogen) atoms. The summed E-state index contributed by atoms with van der Waals surface area (Å²) in [4.78, 5) is 0. The molecule has 0 amide bonds. The monoisotopic (exact) mass is 174 g/mol. The van der Waals surface area contributed by atoms with E-state index < -0.39 is 13.2 Å². The molecule has 1 unspecified atom stereocenters. The summed E-state index contributed by atoms with van der Waals surface area (Å²) in [7, 11) is 0. The fraction of sp³-hybridized carbons (Fsp3) is 1.00. The Morgan fingerprint density at radius 3 is 1.83 bits per heavy atom. The quantitative estimate of drug-likeness (QED) is 0.435. The smallest absolute Gasteiger partial charge is 0.0264 e. The molecule has 0 aromatic rings. The summed E-state index contributed by atoms with van der Waals surface area (Å²) in [5, 5.41) is 0. The van der Waals surface area contributed by atoms with Crippen molar-refractivity contribution in [1.82, 2.24) is 0 Å². The van der Waals surface area contributed by atoms with Crippen molar-refractivity contribution in [2.75, 3.05) is 0 Å². The molecule has 0 aliphatic heterocycles. The van der Waals surface area contributed by atoms with Crippen LogP contribution >= 0.6 is 0 Å². The Labute approximate surface area is 84.4 Å². The first-order valence-electron chi connectivity index (χ1n) is 7.48. The van der Waals surface area contributed by atoms with Crippen molar-refractivity contribution in [3.63, 3.8) is 0 Å². The van der Waals surface area contributed by atoms with E-state index >= 15 is 0 Å². The van der Waals surface area contributed by atoms with E-state index in [0.717, 1.165) is 12.8 Å². The maximum Gasteiger partial charge on any atom is 0.0264 e. The Morgan fingerprint density at radius 2 is 1.33 bits per heavy atom. The summed E-state index contributed by atoms with van der Waals surface area (Å²) in [5.41, 5.74) is 0. The summed E-state index contributed by atoms with van der Waals surface area (Å²) in [6.07, 6.45) is 9.29. The molecule has 0 aliphatic carbocycles. The van der Waals surface area contributed by atoms with E-state index in [0.29, 0.717) is 6.42 Å². The van der Waals surface area contributed by atoms with Gasteiger partial charge < -0.3 is 0 Å². The van der Waals surface area contributed by atoms with E-state index in [4.69, 9.17) is 5.48 Å². The van der Waals surface area contributed by atoms with Crippen LogP contribution < -0.4 is 0 Å². The summed E-state index contributed by atoms with van der Waals surface area (Å²) in [5.74, 6) is 0. The van der Waals surface area contributed by atoms with E-state index in [2.05, 4.69) is 6.92 Å². The van der Waals surface area contributed by atoms with Gasteiger partial charge >= 0.3 is 0 Å². The molecule has 74 valence electrons. The summed E-state index contributed by atoms with van der Waals surface area (Å²) in [6, 6.07) is 0. The molecule has 0 heterocycles. The number of unbranched alkanes of at least 4 members (excludes halogenated alkanes) is 7. The van der Waals surface area contributed by atoms with Gasteiger partial charge in [0.05, 0.1) is 0 Å². The molecule has 0 aromatic heterocycles. The lowest BCUT2D eigenvalue weighted by molar-refractivity contribution is 0.562. The van der Waals surface area contributed by atoms with Gasteiger partial charge in [-0.3, -0.25) is 0 Å². The molecule has 1 atom stereocenters. The van der Waals surface area contributed by atoms with Crippen LogP contribution in [0.25, 0.3) is 0 Å². The van der Waals surface area contributed by atoms with Crippen molar-refractivity contribution in [1.29, 1.82) is 0 Å². The first-order chi connectivity index (χ1) is 7.48. The molecule has 0 heteroatoms. The predicted octanol–water partition coefficient (Wildman–Crippen LogP) is 4.93. The van der Waals surface area contributed by atoms with Crippen molar-refractivity contribution in [3.05, 3.63) is 0 Å². The third kappa shape index (κ3) is 10.0. The second-order valence-electron chi connectivity index (χ2n) is 3.47. The van der Waals surface area contributed by atoms with Crippen LogP contribution in [0.2, 0.25) is 0 Å². The number of hydrogen-bond donors (Lipinski definition) is 0. The molecule has 0 bridgehead atoms. The zero-order chi connectivity index (χ0) is 12.4. The summed E-state index contributed by atoms with van der Waals surface area (Å²) < 4.78 is 28.7. The maximum absolute atomic E-state index is 7.43. The van der Waals surface area contributed by atoms with Gasteiger partial charge in [-0.2, -0.15) is 0 Å². The molecule has 0 radical (unpaired) electrons. The molecule has 0 aromatic carbocycles. The highest BCUT2D eigenvalue weighted by molar-refractivity contribution is 4.45. The van der Waals surface area contributed by atoms with Gasteiger partial charge in [0.25, 0.3) is 0 Å². The SMILES string of the molecule is [2H]C(CCCCCCCCCC)C([2H])([2H])[2H]. The lowest BCUT2D eigenvalue weighted by Gasteiger charge is -1.99. The third-order valence-electron chi connectivity index (χ3n) is 2.20. The topological polar surface area (TPSA) is 0 Å². The van der Waals surface area contributed by atoms with Gasteiger partial charge in [-0.1, -0.05) is 78.0 Å². The number of hydrogen-bond acceptors (Lipinski definition) is 0. The zero-order valence-electron chi connectivity index (χ0n) is 12.4. The van der Waals surface area contributed by atoms with Crippen LogP contribution in [0.15, 0.2) is 0 Å². The molecular formula is C12H26.